The molecule has 1 aromatic carbocycles. The van der Waals surface area contributed by atoms with Crippen molar-refractivity contribution in [2.75, 3.05) is 0 Å². The minimum absolute atomic E-state index is 0.587. The zero-order valence-corrected chi connectivity index (χ0v) is 11.4. The lowest BCUT2D eigenvalue weighted by atomic mass is 10.2. The van der Waals surface area contributed by atoms with Crippen LogP contribution in [0.3, 0.4) is 0 Å². The molecule has 0 spiro atoms. The largest absolute Gasteiger partial charge is 0.335 e. The van der Waals surface area contributed by atoms with E-state index in [2.05, 4.69) is 25.4 Å². The van der Waals surface area contributed by atoms with Crippen molar-refractivity contribution in [3.8, 4) is 11.4 Å². The Morgan fingerprint density at radius 2 is 2.10 bits per heavy atom. The van der Waals surface area contributed by atoms with Gasteiger partial charge in [0.1, 0.15) is 22.4 Å². The first kappa shape index (κ1) is 11.0. The number of nitrogens with zero attached hydrogens (tertiary/aromatic N) is 5. The first-order valence-corrected chi connectivity index (χ1v) is 6.95. The molecule has 7 heteroatoms. The molecule has 1 aliphatic rings. The van der Waals surface area contributed by atoms with E-state index in [1.807, 2.05) is 29.9 Å². The van der Waals surface area contributed by atoms with Gasteiger partial charge in [0.15, 0.2) is 5.65 Å². The number of nitrogens with one attached hydrogen (secondary N) is 1. The highest BCUT2D eigenvalue weighted by atomic mass is 16.6. The van der Waals surface area contributed by atoms with Crippen LogP contribution >= 0.6 is 0 Å². The summed E-state index contributed by atoms with van der Waals surface area (Å²) in [5.41, 5.74) is 5.52. The van der Waals surface area contributed by atoms with Crippen molar-refractivity contribution < 1.29 is 4.63 Å². The third-order valence-corrected chi connectivity index (χ3v) is 4.00. The second-order valence-electron chi connectivity index (χ2n) is 5.53. The van der Waals surface area contributed by atoms with Crippen LogP contribution in [0.4, 0.5) is 0 Å². The molecule has 7 nitrogen and oxygen atoms in total. The molecule has 0 aliphatic heterocycles. The van der Waals surface area contributed by atoms with Gasteiger partial charge in [0, 0.05) is 18.5 Å². The minimum atomic E-state index is 0.587. The van der Waals surface area contributed by atoms with Crippen LogP contribution < -0.4 is 0 Å². The van der Waals surface area contributed by atoms with Crippen molar-refractivity contribution in [2.45, 2.75) is 18.8 Å². The fourth-order valence-electron chi connectivity index (χ4n) is 2.74. The third kappa shape index (κ3) is 1.54. The standard InChI is InChI=1S/C14H12N6O/c1-20-14-12(11(17-20)7-2-3-7)15-13(16-14)8-4-5-9-10(6-8)19-21-18-9/h4-7H,2-3H2,1H3,(H,15,16). The number of aryl methyl sites for hydroxylation is 1. The highest BCUT2D eigenvalue weighted by Gasteiger charge is 2.30. The normalized spacial score (nSPS) is 15.3. The summed E-state index contributed by atoms with van der Waals surface area (Å²) in [5.74, 6) is 1.41. The maximum absolute atomic E-state index is 4.73. The van der Waals surface area contributed by atoms with Crippen LogP contribution in [0, 0.1) is 0 Å². The highest BCUT2D eigenvalue weighted by Crippen LogP contribution is 2.42. The first-order valence-electron chi connectivity index (χ1n) is 6.95. The molecule has 1 N–H and O–H groups in total. The summed E-state index contributed by atoms with van der Waals surface area (Å²) in [5, 5.41) is 12.3. The maximum atomic E-state index is 4.73. The topological polar surface area (TPSA) is 85.4 Å². The van der Waals surface area contributed by atoms with Gasteiger partial charge in [-0.1, -0.05) is 0 Å². The Kier molecular flexibility index (Phi) is 1.93. The van der Waals surface area contributed by atoms with E-state index in [0.29, 0.717) is 5.92 Å². The van der Waals surface area contributed by atoms with Gasteiger partial charge < -0.3 is 4.98 Å². The van der Waals surface area contributed by atoms with Gasteiger partial charge in [0.2, 0.25) is 0 Å². The fraction of sp³-hybridized carbons (Fsp3) is 0.286. The lowest BCUT2D eigenvalue weighted by Gasteiger charge is -1.96. The Bertz CT molecular complexity index is 974. The number of aromatic amines is 1. The van der Waals surface area contributed by atoms with E-state index in [-0.39, 0.29) is 0 Å². The lowest BCUT2D eigenvalue weighted by molar-refractivity contribution is 0.315. The van der Waals surface area contributed by atoms with Crippen molar-refractivity contribution in [3.63, 3.8) is 0 Å². The molecule has 3 aromatic heterocycles. The van der Waals surface area contributed by atoms with Gasteiger partial charge in [0.25, 0.3) is 0 Å². The van der Waals surface area contributed by atoms with Crippen molar-refractivity contribution in [1.29, 1.82) is 0 Å². The second-order valence-corrected chi connectivity index (χ2v) is 5.53. The number of aromatic nitrogens is 6. The summed E-state index contributed by atoms with van der Waals surface area (Å²) in [6.45, 7) is 0. The molecule has 0 bridgehead atoms. The van der Waals surface area contributed by atoms with Crippen LogP contribution in [0.15, 0.2) is 22.8 Å². The summed E-state index contributed by atoms with van der Waals surface area (Å²) in [6.07, 6.45) is 2.44. The van der Waals surface area contributed by atoms with Gasteiger partial charge in [-0.15, -0.1) is 0 Å². The van der Waals surface area contributed by atoms with Crippen molar-refractivity contribution >= 4 is 22.2 Å². The molecule has 1 saturated carbocycles. The number of hydrogen-bond donors (Lipinski definition) is 1. The molecule has 104 valence electrons. The summed E-state index contributed by atoms with van der Waals surface area (Å²) < 4.78 is 6.58. The van der Waals surface area contributed by atoms with Gasteiger partial charge in [0.05, 0.1) is 5.69 Å². The van der Waals surface area contributed by atoms with Crippen LogP contribution in [-0.2, 0) is 7.05 Å². The zero-order chi connectivity index (χ0) is 14.0. The van der Waals surface area contributed by atoms with E-state index in [0.717, 1.165) is 39.3 Å². The Labute approximate surface area is 118 Å². The number of benzene rings is 1. The molecule has 0 saturated heterocycles. The zero-order valence-electron chi connectivity index (χ0n) is 11.4. The molecule has 5 rings (SSSR count). The molecule has 21 heavy (non-hydrogen) atoms. The number of H-pyrrole nitrogens is 1. The molecule has 0 amide bonds. The number of hydrogen-bond acceptors (Lipinski definition) is 5. The molecule has 1 aliphatic carbocycles. The molecule has 4 aromatic rings. The van der Waals surface area contributed by atoms with Crippen LogP contribution in [0.25, 0.3) is 33.6 Å². The minimum Gasteiger partial charge on any atom is -0.335 e. The quantitative estimate of drug-likeness (QED) is 0.609. The molecular weight excluding hydrogens is 268 g/mol. The van der Waals surface area contributed by atoms with Gasteiger partial charge in [-0.05, 0) is 41.4 Å². The smallest absolute Gasteiger partial charge is 0.176 e. The highest BCUT2D eigenvalue weighted by molar-refractivity contribution is 5.83. The van der Waals surface area contributed by atoms with Crippen molar-refractivity contribution in [2.24, 2.45) is 7.05 Å². The Balaban J connectivity index is 1.71. The molecular formula is C14H12N6O. The predicted molar refractivity (Wildman–Crippen MR) is 75.6 cm³/mol. The van der Waals surface area contributed by atoms with E-state index in [4.69, 9.17) is 4.63 Å². The molecule has 3 heterocycles. The summed E-state index contributed by atoms with van der Waals surface area (Å²) in [6, 6.07) is 5.77. The van der Waals surface area contributed by atoms with Crippen LogP contribution in [0.2, 0.25) is 0 Å². The third-order valence-electron chi connectivity index (χ3n) is 4.00. The summed E-state index contributed by atoms with van der Waals surface area (Å²) >= 11 is 0. The average Bonchev–Trinajstić information content (AvgIpc) is 2.96. The van der Waals surface area contributed by atoms with Gasteiger partial charge in [-0.25, -0.2) is 14.3 Å². The van der Waals surface area contributed by atoms with Crippen LogP contribution in [0.1, 0.15) is 24.5 Å². The van der Waals surface area contributed by atoms with E-state index < -0.39 is 0 Å². The van der Waals surface area contributed by atoms with Crippen molar-refractivity contribution in [3.05, 3.63) is 23.9 Å². The second kappa shape index (κ2) is 3.69. The number of rotatable bonds is 2. The lowest BCUT2D eigenvalue weighted by Crippen LogP contribution is -1.93. The average molecular weight is 280 g/mol. The van der Waals surface area contributed by atoms with Crippen LogP contribution in [-0.4, -0.2) is 30.1 Å². The molecule has 0 unspecified atom stereocenters. The number of imidazole rings is 1. The molecule has 1 fully saturated rings. The Morgan fingerprint density at radius 3 is 2.95 bits per heavy atom. The Hall–Kier alpha value is -2.70. The fourth-order valence-corrected chi connectivity index (χ4v) is 2.74. The predicted octanol–water partition coefficient (Wildman–Crippen LogP) is 2.38. The van der Waals surface area contributed by atoms with E-state index >= 15 is 0 Å². The number of fused-ring (bicyclic) bond motifs is 2. The summed E-state index contributed by atoms with van der Waals surface area (Å²) in [7, 11) is 1.93. The monoisotopic (exact) mass is 280 g/mol. The van der Waals surface area contributed by atoms with Crippen LogP contribution in [0.5, 0.6) is 0 Å². The van der Waals surface area contributed by atoms with Crippen molar-refractivity contribution in [1.82, 2.24) is 30.1 Å². The first-order chi connectivity index (χ1) is 10.3. The van der Waals surface area contributed by atoms with Gasteiger partial charge >= 0.3 is 0 Å². The maximum Gasteiger partial charge on any atom is 0.176 e. The molecule has 0 radical (unpaired) electrons. The SMILES string of the molecule is Cn1nc(C2CC2)c2[nH]c(-c3ccc4nonc4c3)nc21. The van der Waals surface area contributed by atoms with Gasteiger partial charge in [-0.3, -0.25) is 0 Å². The van der Waals surface area contributed by atoms with E-state index in [1.165, 1.54) is 12.8 Å². The van der Waals surface area contributed by atoms with E-state index in [9.17, 15) is 0 Å². The Morgan fingerprint density at radius 1 is 1.24 bits per heavy atom. The van der Waals surface area contributed by atoms with Gasteiger partial charge in [-0.2, -0.15) is 5.10 Å². The summed E-state index contributed by atoms with van der Waals surface area (Å²) in [4.78, 5) is 8.08. The van der Waals surface area contributed by atoms with E-state index in [1.54, 1.807) is 0 Å². The molecule has 0 atom stereocenters.